The molecule has 2 aromatic carbocycles. The molecule has 2 aromatic rings. The SMILES string of the molecule is Br.Cc1ccccc1N(CC(=O)c1ccccc1)C1=NCCCCC1. The van der Waals surface area contributed by atoms with Crippen molar-refractivity contribution in [1.29, 1.82) is 0 Å². The van der Waals surface area contributed by atoms with Crippen LogP contribution in [-0.2, 0) is 0 Å². The summed E-state index contributed by atoms with van der Waals surface area (Å²) < 4.78 is 0. The van der Waals surface area contributed by atoms with Crippen molar-refractivity contribution >= 4 is 34.3 Å². The van der Waals surface area contributed by atoms with Crippen molar-refractivity contribution in [3.05, 3.63) is 65.7 Å². The summed E-state index contributed by atoms with van der Waals surface area (Å²) in [6, 6.07) is 17.8. The average Bonchev–Trinajstić information content (AvgIpc) is 2.90. The molecule has 0 N–H and O–H groups in total. The van der Waals surface area contributed by atoms with Gasteiger partial charge in [-0.05, 0) is 31.4 Å². The molecule has 3 nitrogen and oxygen atoms in total. The fourth-order valence-electron chi connectivity index (χ4n) is 3.12. The van der Waals surface area contributed by atoms with E-state index in [9.17, 15) is 4.79 Å². The van der Waals surface area contributed by atoms with Crippen LogP contribution < -0.4 is 4.90 Å². The number of ketones is 1. The Morgan fingerprint density at radius 1 is 1.00 bits per heavy atom. The Balaban J connectivity index is 0.00000225. The van der Waals surface area contributed by atoms with Gasteiger partial charge >= 0.3 is 0 Å². The second-order valence-corrected chi connectivity index (χ2v) is 6.27. The quantitative estimate of drug-likeness (QED) is 0.657. The zero-order chi connectivity index (χ0) is 16.8. The third kappa shape index (κ3) is 5.02. The van der Waals surface area contributed by atoms with E-state index in [0.717, 1.165) is 42.9 Å². The number of carbonyl (C=O) groups excluding carboxylic acids is 1. The molecule has 0 unspecified atom stereocenters. The van der Waals surface area contributed by atoms with Crippen molar-refractivity contribution < 1.29 is 4.79 Å². The van der Waals surface area contributed by atoms with Crippen molar-refractivity contribution in [2.45, 2.75) is 32.6 Å². The molecule has 0 spiro atoms. The van der Waals surface area contributed by atoms with Crippen LogP contribution in [-0.4, -0.2) is 24.7 Å². The lowest BCUT2D eigenvalue weighted by molar-refractivity contribution is 0.100. The number of para-hydroxylation sites is 1. The standard InChI is InChI=1S/C21H24N2O.BrH/c1-17-10-7-8-13-19(17)23(21-14-6-3-9-15-22-21)16-20(24)18-11-4-2-5-12-18;/h2,4-5,7-8,10-13H,3,6,9,14-16H2,1H3;1H. The van der Waals surface area contributed by atoms with Crippen LogP contribution in [0.4, 0.5) is 5.69 Å². The van der Waals surface area contributed by atoms with Crippen LogP contribution in [0.1, 0.15) is 41.6 Å². The predicted octanol–water partition coefficient (Wildman–Crippen LogP) is 5.23. The van der Waals surface area contributed by atoms with Crippen LogP contribution in [0, 0.1) is 6.92 Å². The number of hydrogen-bond donors (Lipinski definition) is 0. The Kier molecular flexibility index (Phi) is 7.38. The molecule has 1 heterocycles. The molecule has 132 valence electrons. The van der Waals surface area contributed by atoms with Crippen LogP contribution >= 0.6 is 17.0 Å². The zero-order valence-corrected chi connectivity index (χ0v) is 16.4. The van der Waals surface area contributed by atoms with E-state index in [2.05, 4.69) is 24.0 Å². The van der Waals surface area contributed by atoms with Gasteiger partial charge in [0.2, 0.25) is 0 Å². The van der Waals surface area contributed by atoms with Gasteiger partial charge in [0, 0.05) is 24.2 Å². The summed E-state index contributed by atoms with van der Waals surface area (Å²) in [7, 11) is 0. The van der Waals surface area contributed by atoms with Crippen LogP contribution in [0.15, 0.2) is 59.6 Å². The number of carbonyl (C=O) groups is 1. The molecule has 0 amide bonds. The maximum Gasteiger partial charge on any atom is 0.182 e. The topological polar surface area (TPSA) is 32.7 Å². The molecule has 25 heavy (non-hydrogen) atoms. The average molecular weight is 401 g/mol. The van der Waals surface area contributed by atoms with E-state index in [0.29, 0.717) is 6.54 Å². The number of benzene rings is 2. The second kappa shape index (κ2) is 9.52. The van der Waals surface area contributed by atoms with Crippen LogP contribution in [0.2, 0.25) is 0 Å². The molecule has 3 rings (SSSR count). The highest BCUT2D eigenvalue weighted by atomic mass is 79.9. The van der Waals surface area contributed by atoms with Crippen molar-refractivity contribution in [3.63, 3.8) is 0 Å². The minimum Gasteiger partial charge on any atom is -0.322 e. The summed E-state index contributed by atoms with van der Waals surface area (Å²) >= 11 is 0. The molecule has 0 aromatic heterocycles. The molecule has 0 saturated carbocycles. The Bertz CT molecular complexity index is 728. The summed E-state index contributed by atoms with van der Waals surface area (Å²) in [6.07, 6.45) is 4.43. The van der Waals surface area contributed by atoms with Gasteiger partial charge in [-0.25, -0.2) is 0 Å². The van der Waals surface area contributed by atoms with E-state index in [1.54, 1.807) is 0 Å². The van der Waals surface area contributed by atoms with Gasteiger partial charge in [-0.1, -0.05) is 55.0 Å². The minimum absolute atomic E-state index is 0. The van der Waals surface area contributed by atoms with Gasteiger partial charge in [-0.15, -0.1) is 17.0 Å². The van der Waals surface area contributed by atoms with E-state index in [1.807, 2.05) is 42.5 Å². The molecule has 0 aliphatic carbocycles. The van der Waals surface area contributed by atoms with Gasteiger partial charge in [0.15, 0.2) is 5.78 Å². The number of halogens is 1. The molecule has 0 bridgehead atoms. The van der Waals surface area contributed by atoms with Gasteiger partial charge in [0.1, 0.15) is 5.84 Å². The lowest BCUT2D eigenvalue weighted by Crippen LogP contribution is -2.36. The summed E-state index contributed by atoms with van der Waals surface area (Å²) in [6.45, 7) is 3.29. The van der Waals surface area contributed by atoms with Crippen LogP contribution in [0.3, 0.4) is 0 Å². The molecule has 0 atom stereocenters. The maximum absolute atomic E-state index is 12.8. The summed E-state index contributed by atoms with van der Waals surface area (Å²) in [5.41, 5.74) is 3.01. The fourth-order valence-corrected chi connectivity index (χ4v) is 3.12. The monoisotopic (exact) mass is 400 g/mol. The van der Waals surface area contributed by atoms with Crippen molar-refractivity contribution in [2.24, 2.45) is 4.99 Å². The summed E-state index contributed by atoms with van der Waals surface area (Å²) in [5.74, 6) is 1.18. The lowest BCUT2D eigenvalue weighted by atomic mass is 10.1. The van der Waals surface area contributed by atoms with E-state index in [4.69, 9.17) is 4.99 Å². The number of Topliss-reactive ketones (excluding diaryl/α,β-unsaturated/α-hetero) is 1. The first-order valence-electron chi connectivity index (χ1n) is 8.70. The van der Waals surface area contributed by atoms with Gasteiger partial charge in [0.25, 0.3) is 0 Å². The van der Waals surface area contributed by atoms with E-state index in [-0.39, 0.29) is 22.8 Å². The lowest BCUT2D eigenvalue weighted by Gasteiger charge is -2.27. The normalized spacial score (nSPS) is 14.0. The zero-order valence-electron chi connectivity index (χ0n) is 14.6. The third-order valence-electron chi connectivity index (χ3n) is 4.47. The highest BCUT2D eigenvalue weighted by Gasteiger charge is 2.20. The Morgan fingerprint density at radius 2 is 1.72 bits per heavy atom. The van der Waals surface area contributed by atoms with Crippen LogP contribution in [0.5, 0.6) is 0 Å². The first kappa shape index (κ1) is 19.4. The fraction of sp³-hybridized carbons (Fsp3) is 0.333. The van der Waals surface area contributed by atoms with Gasteiger partial charge in [0.05, 0.1) is 6.54 Å². The molecular formula is C21H25BrN2O. The van der Waals surface area contributed by atoms with Crippen molar-refractivity contribution in [2.75, 3.05) is 18.0 Å². The Labute approximate surface area is 160 Å². The number of aryl methyl sites for hydroxylation is 1. The van der Waals surface area contributed by atoms with E-state index >= 15 is 0 Å². The van der Waals surface area contributed by atoms with Gasteiger partial charge in [-0.3, -0.25) is 9.79 Å². The molecule has 4 heteroatoms. The molecule has 1 aliphatic heterocycles. The molecular weight excluding hydrogens is 376 g/mol. The first-order chi connectivity index (χ1) is 11.8. The van der Waals surface area contributed by atoms with Crippen molar-refractivity contribution in [3.8, 4) is 0 Å². The highest BCUT2D eigenvalue weighted by molar-refractivity contribution is 8.93. The summed E-state index contributed by atoms with van der Waals surface area (Å²) in [4.78, 5) is 19.7. The number of rotatable bonds is 4. The molecule has 0 fully saturated rings. The Morgan fingerprint density at radius 3 is 2.48 bits per heavy atom. The van der Waals surface area contributed by atoms with Gasteiger partial charge in [-0.2, -0.15) is 0 Å². The molecule has 0 saturated heterocycles. The maximum atomic E-state index is 12.8. The summed E-state index contributed by atoms with van der Waals surface area (Å²) in [5, 5.41) is 0. The number of anilines is 1. The first-order valence-corrected chi connectivity index (χ1v) is 8.70. The largest absolute Gasteiger partial charge is 0.322 e. The van der Waals surface area contributed by atoms with E-state index < -0.39 is 0 Å². The second-order valence-electron chi connectivity index (χ2n) is 6.27. The number of amidine groups is 1. The predicted molar refractivity (Wildman–Crippen MR) is 110 cm³/mol. The van der Waals surface area contributed by atoms with Crippen LogP contribution in [0.25, 0.3) is 0 Å². The van der Waals surface area contributed by atoms with E-state index in [1.165, 1.54) is 12.0 Å². The van der Waals surface area contributed by atoms with Crippen molar-refractivity contribution in [1.82, 2.24) is 0 Å². The molecule has 0 radical (unpaired) electrons. The third-order valence-corrected chi connectivity index (χ3v) is 4.47. The number of hydrogen-bond acceptors (Lipinski definition) is 3. The minimum atomic E-state index is 0. The highest BCUT2D eigenvalue weighted by Crippen LogP contribution is 2.23. The van der Waals surface area contributed by atoms with Gasteiger partial charge < -0.3 is 4.90 Å². The number of nitrogens with zero attached hydrogens (tertiary/aromatic N) is 2. The number of aliphatic imine (C=N–C) groups is 1. The Hall–Kier alpha value is -1.94. The molecule has 1 aliphatic rings. The smallest absolute Gasteiger partial charge is 0.182 e.